The fourth-order valence-corrected chi connectivity index (χ4v) is 3.30. The van der Waals surface area contributed by atoms with Gasteiger partial charge < -0.3 is 10.0 Å². The van der Waals surface area contributed by atoms with Crippen molar-refractivity contribution in [2.45, 2.75) is 32.8 Å². The summed E-state index contributed by atoms with van der Waals surface area (Å²) < 4.78 is 1.67. The topological polar surface area (TPSA) is 71.2 Å². The number of aliphatic hydroxyl groups excluding tert-OH is 1. The highest BCUT2D eigenvalue weighted by Gasteiger charge is 2.32. The van der Waals surface area contributed by atoms with Crippen molar-refractivity contribution in [3.05, 3.63) is 40.7 Å². The first-order chi connectivity index (χ1) is 11.5. The summed E-state index contributed by atoms with van der Waals surface area (Å²) in [5.41, 5.74) is 1.93. The number of aliphatic hydroxyl groups is 1. The van der Waals surface area contributed by atoms with Crippen LogP contribution in [-0.2, 0) is 6.42 Å². The molecule has 0 radical (unpaired) electrons. The van der Waals surface area contributed by atoms with Gasteiger partial charge in [-0.05, 0) is 38.0 Å². The Labute approximate surface area is 146 Å². The van der Waals surface area contributed by atoms with E-state index in [0.717, 1.165) is 17.8 Å². The molecule has 2 heterocycles. The predicted octanol–water partition coefficient (Wildman–Crippen LogP) is 2.33. The van der Waals surface area contributed by atoms with E-state index in [1.54, 1.807) is 28.6 Å². The van der Waals surface area contributed by atoms with Crippen LogP contribution in [0.15, 0.2) is 24.3 Å². The Kier molecular flexibility index (Phi) is 4.87. The van der Waals surface area contributed by atoms with Gasteiger partial charge in [-0.25, -0.2) is 4.68 Å². The molecular formula is C17H21ClN4O2. The standard InChI is InChI=1S/C17H21ClN4O2/c1-3-15-16(17(24)21-8-7-12(10-21)11(2)23)19-20-22(15)14-6-4-5-13(18)9-14/h4-6,9,11-12,23H,3,7-8,10H2,1-2H3. The van der Waals surface area contributed by atoms with Crippen LogP contribution in [0.5, 0.6) is 0 Å². The zero-order chi connectivity index (χ0) is 17.3. The van der Waals surface area contributed by atoms with Gasteiger partial charge >= 0.3 is 0 Å². The zero-order valence-electron chi connectivity index (χ0n) is 13.8. The third-order valence-corrected chi connectivity index (χ3v) is 4.78. The number of hydrogen-bond acceptors (Lipinski definition) is 4. The Morgan fingerprint density at radius 1 is 1.50 bits per heavy atom. The Morgan fingerprint density at radius 3 is 2.92 bits per heavy atom. The minimum atomic E-state index is -0.407. The number of halogens is 1. The molecule has 128 valence electrons. The zero-order valence-corrected chi connectivity index (χ0v) is 14.6. The molecule has 1 fully saturated rings. The predicted molar refractivity (Wildman–Crippen MR) is 91.4 cm³/mol. The third-order valence-electron chi connectivity index (χ3n) is 4.55. The van der Waals surface area contributed by atoms with Crippen LogP contribution in [0.2, 0.25) is 5.02 Å². The molecule has 1 aromatic heterocycles. The largest absolute Gasteiger partial charge is 0.393 e. The summed E-state index contributed by atoms with van der Waals surface area (Å²) in [4.78, 5) is 14.6. The Balaban J connectivity index is 1.88. The molecule has 24 heavy (non-hydrogen) atoms. The maximum Gasteiger partial charge on any atom is 0.276 e. The number of amides is 1. The molecule has 2 atom stereocenters. The summed E-state index contributed by atoms with van der Waals surface area (Å²) in [5, 5.41) is 18.6. The Morgan fingerprint density at radius 2 is 2.29 bits per heavy atom. The van der Waals surface area contributed by atoms with Gasteiger partial charge in [-0.1, -0.05) is 29.8 Å². The van der Waals surface area contributed by atoms with Gasteiger partial charge in [0, 0.05) is 24.0 Å². The number of hydrogen-bond donors (Lipinski definition) is 1. The number of nitrogens with zero attached hydrogens (tertiary/aromatic N) is 4. The van der Waals surface area contributed by atoms with E-state index in [9.17, 15) is 9.90 Å². The summed E-state index contributed by atoms with van der Waals surface area (Å²) in [6.07, 6.45) is 1.04. The van der Waals surface area contributed by atoms with E-state index in [1.807, 2.05) is 19.1 Å². The number of carbonyl (C=O) groups is 1. The highest BCUT2D eigenvalue weighted by atomic mass is 35.5. The van der Waals surface area contributed by atoms with Crippen LogP contribution in [0.1, 0.15) is 36.5 Å². The maximum absolute atomic E-state index is 12.8. The van der Waals surface area contributed by atoms with Crippen LogP contribution in [0, 0.1) is 5.92 Å². The lowest BCUT2D eigenvalue weighted by molar-refractivity contribution is 0.0755. The minimum absolute atomic E-state index is 0.122. The van der Waals surface area contributed by atoms with Crippen molar-refractivity contribution in [3.63, 3.8) is 0 Å². The van der Waals surface area contributed by atoms with Gasteiger partial charge in [0.15, 0.2) is 5.69 Å². The molecule has 2 unspecified atom stereocenters. The van der Waals surface area contributed by atoms with E-state index in [-0.39, 0.29) is 11.8 Å². The summed E-state index contributed by atoms with van der Waals surface area (Å²) in [6.45, 7) is 4.94. The second kappa shape index (κ2) is 6.91. The number of carbonyl (C=O) groups excluding carboxylic acids is 1. The molecule has 0 saturated carbocycles. The summed E-state index contributed by atoms with van der Waals surface area (Å²) >= 11 is 6.05. The highest BCUT2D eigenvalue weighted by Crippen LogP contribution is 2.23. The minimum Gasteiger partial charge on any atom is -0.393 e. The highest BCUT2D eigenvalue weighted by molar-refractivity contribution is 6.30. The first-order valence-electron chi connectivity index (χ1n) is 8.19. The smallest absolute Gasteiger partial charge is 0.276 e. The number of benzene rings is 1. The van der Waals surface area contributed by atoms with E-state index in [0.29, 0.717) is 30.2 Å². The number of aromatic nitrogens is 3. The van der Waals surface area contributed by atoms with Crippen molar-refractivity contribution in [1.29, 1.82) is 0 Å². The average molecular weight is 349 g/mol. The molecule has 0 bridgehead atoms. The first-order valence-corrected chi connectivity index (χ1v) is 8.57. The Hall–Kier alpha value is -1.92. The fourth-order valence-electron chi connectivity index (χ4n) is 3.12. The van der Waals surface area contributed by atoms with Gasteiger partial charge in [-0.3, -0.25) is 4.79 Å². The quantitative estimate of drug-likeness (QED) is 0.920. The lowest BCUT2D eigenvalue weighted by Gasteiger charge is -2.17. The van der Waals surface area contributed by atoms with Crippen molar-refractivity contribution < 1.29 is 9.90 Å². The normalized spacial score (nSPS) is 18.8. The second-order valence-corrected chi connectivity index (χ2v) is 6.61. The molecular weight excluding hydrogens is 328 g/mol. The fraction of sp³-hybridized carbons (Fsp3) is 0.471. The molecule has 0 aliphatic carbocycles. The van der Waals surface area contributed by atoms with E-state index < -0.39 is 6.10 Å². The van der Waals surface area contributed by atoms with Gasteiger partial charge in [-0.2, -0.15) is 0 Å². The first kappa shape index (κ1) is 16.9. The van der Waals surface area contributed by atoms with Crippen LogP contribution >= 0.6 is 11.6 Å². The Bertz CT molecular complexity index is 744. The van der Waals surface area contributed by atoms with Gasteiger partial charge in [0.25, 0.3) is 5.91 Å². The van der Waals surface area contributed by atoms with Gasteiger partial charge in [0.1, 0.15) is 0 Å². The van der Waals surface area contributed by atoms with Crippen LogP contribution in [0.4, 0.5) is 0 Å². The third kappa shape index (κ3) is 3.16. The number of rotatable bonds is 4. The summed E-state index contributed by atoms with van der Waals surface area (Å²) in [7, 11) is 0. The molecule has 1 aromatic carbocycles. The van der Waals surface area contributed by atoms with Gasteiger partial charge in [0.05, 0.1) is 17.5 Å². The SMILES string of the molecule is CCc1c(C(=O)N2CCC(C(C)O)C2)nnn1-c1cccc(Cl)c1. The summed E-state index contributed by atoms with van der Waals surface area (Å²) in [5.74, 6) is 0.00489. The molecule has 1 aliphatic rings. The van der Waals surface area contributed by atoms with Crippen molar-refractivity contribution in [1.82, 2.24) is 19.9 Å². The van der Waals surface area contributed by atoms with Crippen molar-refractivity contribution in [2.75, 3.05) is 13.1 Å². The molecule has 6 nitrogen and oxygen atoms in total. The van der Waals surface area contributed by atoms with E-state index in [1.165, 1.54) is 0 Å². The molecule has 7 heteroatoms. The summed E-state index contributed by atoms with van der Waals surface area (Å²) in [6, 6.07) is 7.31. The molecule has 1 N–H and O–H groups in total. The van der Waals surface area contributed by atoms with Gasteiger partial charge in [-0.15, -0.1) is 5.10 Å². The van der Waals surface area contributed by atoms with Crippen molar-refractivity contribution in [3.8, 4) is 5.69 Å². The van der Waals surface area contributed by atoms with Crippen LogP contribution in [-0.4, -0.2) is 50.1 Å². The van der Waals surface area contributed by atoms with E-state index in [2.05, 4.69) is 10.3 Å². The molecule has 1 amide bonds. The second-order valence-electron chi connectivity index (χ2n) is 6.17. The van der Waals surface area contributed by atoms with Crippen LogP contribution < -0.4 is 0 Å². The van der Waals surface area contributed by atoms with E-state index >= 15 is 0 Å². The monoisotopic (exact) mass is 348 g/mol. The molecule has 2 aromatic rings. The van der Waals surface area contributed by atoms with Gasteiger partial charge in [0.2, 0.25) is 0 Å². The lowest BCUT2D eigenvalue weighted by atomic mass is 10.0. The average Bonchev–Trinajstić information content (AvgIpc) is 3.21. The molecule has 1 aliphatic heterocycles. The molecule has 0 spiro atoms. The van der Waals surface area contributed by atoms with Crippen LogP contribution in [0.3, 0.4) is 0 Å². The van der Waals surface area contributed by atoms with Crippen molar-refractivity contribution in [2.24, 2.45) is 5.92 Å². The maximum atomic E-state index is 12.8. The molecule has 3 rings (SSSR count). The van der Waals surface area contributed by atoms with Crippen LogP contribution in [0.25, 0.3) is 5.69 Å². The number of likely N-dealkylation sites (tertiary alicyclic amines) is 1. The van der Waals surface area contributed by atoms with Crippen molar-refractivity contribution >= 4 is 17.5 Å². The lowest BCUT2D eigenvalue weighted by Crippen LogP contribution is -2.31. The van der Waals surface area contributed by atoms with E-state index in [4.69, 9.17) is 11.6 Å². The molecule has 1 saturated heterocycles.